The third-order valence-electron chi connectivity index (χ3n) is 1.69. The van der Waals surface area contributed by atoms with Crippen LogP contribution in [0.15, 0.2) is 6.07 Å². The second kappa shape index (κ2) is 4.45. The van der Waals surface area contributed by atoms with E-state index >= 15 is 0 Å². The summed E-state index contributed by atoms with van der Waals surface area (Å²) < 4.78 is 35.2. The third-order valence-corrected chi connectivity index (χ3v) is 1.69. The Kier molecular flexibility index (Phi) is 3.51. The molecule has 0 aliphatic heterocycles. The lowest BCUT2D eigenvalue weighted by Crippen LogP contribution is -2.28. The van der Waals surface area contributed by atoms with E-state index in [0.717, 1.165) is 12.1 Å². The van der Waals surface area contributed by atoms with Crippen molar-refractivity contribution in [2.45, 2.75) is 26.1 Å². The van der Waals surface area contributed by atoms with E-state index in [1.165, 1.54) is 0 Å². The van der Waals surface area contributed by atoms with Gasteiger partial charge in [-0.2, -0.15) is 18.3 Å². The number of rotatable bonds is 4. The first-order valence-corrected chi connectivity index (χ1v) is 4.32. The molecule has 0 aliphatic rings. The lowest BCUT2D eigenvalue weighted by molar-refractivity contribution is -0.125. The summed E-state index contributed by atoms with van der Waals surface area (Å²) in [5.74, 6) is 0. The molecule has 0 amide bonds. The Morgan fingerprint density at radius 2 is 2.21 bits per heavy atom. The maximum absolute atomic E-state index is 11.7. The summed E-state index contributed by atoms with van der Waals surface area (Å²) in [5, 5.41) is 8.85. The van der Waals surface area contributed by atoms with Crippen LogP contribution < -0.4 is 5.32 Å². The quantitative estimate of drug-likeness (QED) is 0.787. The minimum absolute atomic E-state index is 0.159. The van der Waals surface area contributed by atoms with Crippen molar-refractivity contribution in [1.82, 2.24) is 15.5 Å². The number of hydrogen-bond acceptors (Lipinski definition) is 2. The average Bonchev–Trinajstić information content (AvgIpc) is 2.50. The highest BCUT2D eigenvalue weighted by molar-refractivity contribution is 5.07. The van der Waals surface area contributed by atoms with Gasteiger partial charge in [0.15, 0.2) is 0 Å². The Morgan fingerprint density at radius 3 is 2.71 bits per heavy atom. The molecule has 0 radical (unpaired) electrons. The van der Waals surface area contributed by atoms with Gasteiger partial charge in [-0.05, 0) is 12.5 Å². The van der Waals surface area contributed by atoms with Gasteiger partial charge >= 0.3 is 6.18 Å². The van der Waals surface area contributed by atoms with Gasteiger partial charge in [-0.3, -0.25) is 5.10 Å². The fourth-order valence-corrected chi connectivity index (χ4v) is 1.02. The van der Waals surface area contributed by atoms with Crippen molar-refractivity contribution < 1.29 is 13.2 Å². The molecule has 0 spiro atoms. The second-order valence-corrected chi connectivity index (χ2v) is 2.96. The molecule has 0 unspecified atom stereocenters. The largest absolute Gasteiger partial charge is 0.401 e. The Morgan fingerprint density at radius 1 is 1.50 bits per heavy atom. The molecule has 6 heteroatoms. The van der Waals surface area contributed by atoms with Crippen molar-refractivity contribution in [3.63, 3.8) is 0 Å². The summed E-state index contributed by atoms with van der Waals surface area (Å²) >= 11 is 0. The molecule has 1 aromatic rings. The molecule has 0 atom stereocenters. The van der Waals surface area contributed by atoms with Gasteiger partial charge in [-0.25, -0.2) is 0 Å². The summed E-state index contributed by atoms with van der Waals surface area (Å²) in [5.41, 5.74) is 1.53. The second-order valence-electron chi connectivity index (χ2n) is 2.96. The number of aromatic amines is 1. The number of nitrogens with zero attached hydrogens (tertiary/aromatic N) is 1. The molecule has 0 fully saturated rings. The maximum atomic E-state index is 11.7. The molecule has 2 N–H and O–H groups in total. The molecule has 0 aliphatic carbocycles. The number of hydrogen-bond donors (Lipinski definition) is 2. The van der Waals surface area contributed by atoms with Crippen molar-refractivity contribution in [2.75, 3.05) is 6.54 Å². The van der Waals surface area contributed by atoms with Crippen LogP contribution in [-0.2, 0) is 13.0 Å². The van der Waals surface area contributed by atoms with Crippen LogP contribution in [0.3, 0.4) is 0 Å². The number of nitrogens with one attached hydrogen (secondary N) is 2. The minimum Gasteiger partial charge on any atom is -0.303 e. The predicted octanol–water partition coefficient (Wildman–Crippen LogP) is 1.62. The molecule has 14 heavy (non-hydrogen) atoms. The topological polar surface area (TPSA) is 40.7 Å². The summed E-state index contributed by atoms with van der Waals surface area (Å²) in [6, 6.07) is 1.75. The van der Waals surface area contributed by atoms with Gasteiger partial charge in [0.1, 0.15) is 0 Å². The van der Waals surface area contributed by atoms with Gasteiger partial charge < -0.3 is 5.32 Å². The summed E-state index contributed by atoms with van der Waals surface area (Å²) in [6.07, 6.45) is -3.39. The van der Waals surface area contributed by atoms with E-state index in [9.17, 15) is 13.2 Å². The van der Waals surface area contributed by atoms with E-state index in [0.29, 0.717) is 5.69 Å². The van der Waals surface area contributed by atoms with Gasteiger partial charge in [-0.1, -0.05) is 6.92 Å². The number of halogens is 3. The number of aryl methyl sites for hydroxylation is 1. The molecule has 0 saturated carbocycles. The zero-order valence-electron chi connectivity index (χ0n) is 7.78. The summed E-state index contributed by atoms with van der Waals surface area (Å²) in [4.78, 5) is 0. The number of aromatic nitrogens is 2. The molecule has 1 rings (SSSR count). The summed E-state index contributed by atoms with van der Waals surface area (Å²) in [7, 11) is 0. The Bertz CT molecular complexity index is 280. The predicted molar refractivity (Wildman–Crippen MR) is 45.7 cm³/mol. The van der Waals surface area contributed by atoms with Gasteiger partial charge in [0, 0.05) is 12.2 Å². The van der Waals surface area contributed by atoms with E-state index in [1.807, 2.05) is 6.92 Å². The monoisotopic (exact) mass is 207 g/mol. The van der Waals surface area contributed by atoms with Crippen LogP contribution in [0.2, 0.25) is 0 Å². The van der Waals surface area contributed by atoms with E-state index in [-0.39, 0.29) is 6.54 Å². The SMILES string of the molecule is CCc1cc(CNCC(F)(F)F)[nH]n1. The van der Waals surface area contributed by atoms with Crippen LogP contribution >= 0.6 is 0 Å². The van der Waals surface area contributed by atoms with Crippen molar-refractivity contribution in [1.29, 1.82) is 0 Å². The molecule has 80 valence electrons. The fourth-order valence-electron chi connectivity index (χ4n) is 1.02. The number of H-pyrrole nitrogens is 1. The molecular weight excluding hydrogens is 195 g/mol. The first kappa shape index (κ1) is 11.0. The van der Waals surface area contributed by atoms with Crippen LogP contribution in [0, 0.1) is 0 Å². The van der Waals surface area contributed by atoms with E-state index in [4.69, 9.17) is 0 Å². The Balaban J connectivity index is 2.31. The smallest absolute Gasteiger partial charge is 0.303 e. The van der Waals surface area contributed by atoms with E-state index < -0.39 is 12.7 Å². The van der Waals surface area contributed by atoms with E-state index in [2.05, 4.69) is 15.5 Å². The first-order valence-electron chi connectivity index (χ1n) is 4.32. The van der Waals surface area contributed by atoms with Crippen LogP contribution in [0.1, 0.15) is 18.3 Å². The lowest BCUT2D eigenvalue weighted by Gasteiger charge is -2.06. The maximum Gasteiger partial charge on any atom is 0.401 e. The molecule has 1 aromatic heterocycles. The van der Waals surface area contributed by atoms with Crippen LogP contribution in [0.5, 0.6) is 0 Å². The van der Waals surface area contributed by atoms with Gasteiger partial charge in [0.2, 0.25) is 0 Å². The molecular formula is C8H12F3N3. The Labute approximate surface area is 79.7 Å². The molecule has 0 bridgehead atoms. The van der Waals surface area contributed by atoms with E-state index in [1.54, 1.807) is 6.07 Å². The highest BCUT2D eigenvalue weighted by Crippen LogP contribution is 2.12. The van der Waals surface area contributed by atoms with Crippen molar-refractivity contribution in [3.8, 4) is 0 Å². The first-order chi connectivity index (χ1) is 6.51. The normalized spacial score (nSPS) is 12.0. The van der Waals surface area contributed by atoms with Crippen molar-refractivity contribution in [2.24, 2.45) is 0 Å². The molecule has 0 saturated heterocycles. The summed E-state index contributed by atoms with van der Waals surface area (Å²) in [6.45, 7) is 1.11. The standard InChI is InChI=1S/C8H12F3N3/c1-2-6-3-7(14-13-6)4-12-5-8(9,10)11/h3,12H,2,4-5H2,1H3,(H,13,14). The molecule has 0 aromatic carbocycles. The molecule has 3 nitrogen and oxygen atoms in total. The Hall–Kier alpha value is -1.04. The van der Waals surface area contributed by atoms with Crippen LogP contribution in [0.25, 0.3) is 0 Å². The number of alkyl halides is 3. The zero-order chi connectivity index (χ0) is 10.6. The zero-order valence-corrected chi connectivity index (χ0v) is 7.78. The lowest BCUT2D eigenvalue weighted by atomic mass is 10.3. The van der Waals surface area contributed by atoms with Crippen molar-refractivity contribution in [3.05, 3.63) is 17.5 Å². The van der Waals surface area contributed by atoms with Gasteiger partial charge in [0.05, 0.1) is 12.2 Å². The average molecular weight is 207 g/mol. The highest BCUT2D eigenvalue weighted by atomic mass is 19.4. The van der Waals surface area contributed by atoms with Gasteiger partial charge in [-0.15, -0.1) is 0 Å². The van der Waals surface area contributed by atoms with Crippen LogP contribution in [0.4, 0.5) is 13.2 Å². The van der Waals surface area contributed by atoms with Gasteiger partial charge in [0.25, 0.3) is 0 Å². The fraction of sp³-hybridized carbons (Fsp3) is 0.625. The molecule has 1 heterocycles. The van der Waals surface area contributed by atoms with Crippen molar-refractivity contribution >= 4 is 0 Å². The highest BCUT2D eigenvalue weighted by Gasteiger charge is 2.26. The van der Waals surface area contributed by atoms with Crippen LogP contribution in [-0.4, -0.2) is 22.9 Å². The third kappa shape index (κ3) is 3.78. The minimum atomic E-state index is -4.16.